The van der Waals surface area contributed by atoms with E-state index in [-0.39, 0.29) is 17.6 Å². The van der Waals surface area contributed by atoms with E-state index in [1.54, 1.807) is 0 Å². The number of carbonyl (C=O) groups excluding carboxylic acids is 1. The Hall–Kier alpha value is -1.39. The molecule has 0 atom stereocenters. The Labute approximate surface area is 132 Å². The summed E-state index contributed by atoms with van der Waals surface area (Å²) in [5.74, 6) is -0.0884. The fraction of sp³-hybridized carbons (Fsp3) is 0.611. The molecule has 1 N–H and O–H groups in total. The molecule has 1 aliphatic heterocycles. The molecule has 1 spiro atoms. The minimum absolute atomic E-state index is 0.107. The van der Waals surface area contributed by atoms with Gasteiger partial charge in [0.1, 0.15) is 0 Å². The molecule has 0 aromatic heterocycles. The Balaban J connectivity index is 1.42. The summed E-state index contributed by atoms with van der Waals surface area (Å²) in [6, 6.07) is 8.33. The first-order chi connectivity index (χ1) is 10.7. The molecule has 0 radical (unpaired) electrons. The highest BCUT2D eigenvalue weighted by Gasteiger charge is 2.41. The molecule has 1 heterocycles. The van der Waals surface area contributed by atoms with E-state index < -0.39 is 0 Å². The van der Waals surface area contributed by atoms with Crippen LogP contribution in [0.15, 0.2) is 24.3 Å². The van der Waals surface area contributed by atoms with E-state index in [0.717, 1.165) is 32.1 Å². The normalized spacial score (nSPS) is 21.1. The zero-order chi connectivity index (χ0) is 15.4. The van der Waals surface area contributed by atoms with Crippen LogP contribution in [0.5, 0.6) is 0 Å². The molecular formula is C18H25NO3. The van der Waals surface area contributed by atoms with Gasteiger partial charge in [-0.25, -0.2) is 0 Å². The van der Waals surface area contributed by atoms with Crippen molar-refractivity contribution in [3.8, 4) is 0 Å². The van der Waals surface area contributed by atoms with Gasteiger partial charge in [0.2, 0.25) is 5.91 Å². The van der Waals surface area contributed by atoms with Crippen molar-refractivity contribution in [3.63, 3.8) is 0 Å². The van der Waals surface area contributed by atoms with Crippen LogP contribution in [-0.2, 0) is 20.7 Å². The average molecular weight is 303 g/mol. The maximum Gasteiger partial charge on any atom is 0.223 e. The molecule has 1 saturated heterocycles. The molecule has 1 aromatic rings. The van der Waals surface area contributed by atoms with Crippen molar-refractivity contribution in [1.29, 1.82) is 0 Å². The lowest BCUT2D eigenvalue weighted by atomic mass is 9.84. The molecule has 1 amide bonds. The monoisotopic (exact) mass is 303 g/mol. The van der Waals surface area contributed by atoms with E-state index in [4.69, 9.17) is 9.47 Å². The van der Waals surface area contributed by atoms with Gasteiger partial charge in [-0.05, 0) is 37.3 Å². The first-order valence-electron chi connectivity index (χ1n) is 8.29. The number of aryl methyl sites for hydroxylation is 1. The minimum Gasteiger partial charge on any atom is -0.356 e. The zero-order valence-corrected chi connectivity index (χ0v) is 13.3. The van der Waals surface area contributed by atoms with Crippen molar-refractivity contribution in [2.75, 3.05) is 19.8 Å². The highest BCUT2D eigenvalue weighted by atomic mass is 16.7. The molecular weight excluding hydrogens is 278 g/mol. The molecule has 0 unspecified atom stereocenters. The molecule has 22 heavy (non-hydrogen) atoms. The van der Waals surface area contributed by atoms with Gasteiger partial charge >= 0.3 is 0 Å². The molecule has 120 valence electrons. The third-order valence-corrected chi connectivity index (χ3v) is 4.89. The first-order valence-corrected chi connectivity index (χ1v) is 8.29. The second kappa shape index (κ2) is 6.80. The van der Waals surface area contributed by atoms with Crippen LogP contribution in [0.4, 0.5) is 0 Å². The summed E-state index contributed by atoms with van der Waals surface area (Å²) in [7, 11) is 0. The van der Waals surface area contributed by atoms with Gasteiger partial charge in [-0.2, -0.15) is 0 Å². The van der Waals surface area contributed by atoms with Crippen LogP contribution < -0.4 is 5.32 Å². The lowest BCUT2D eigenvalue weighted by Crippen LogP contribution is -2.40. The summed E-state index contributed by atoms with van der Waals surface area (Å²) in [5.41, 5.74) is 2.59. The lowest BCUT2D eigenvalue weighted by Gasteiger charge is -2.34. The number of carbonyl (C=O) groups is 1. The van der Waals surface area contributed by atoms with E-state index in [0.29, 0.717) is 19.8 Å². The van der Waals surface area contributed by atoms with Gasteiger partial charge in [-0.15, -0.1) is 0 Å². The first kappa shape index (κ1) is 15.5. The number of ether oxygens (including phenoxy) is 2. The third-order valence-electron chi connectivity index (χ3n) is 4.89. The second-order valence-corrected chi connectivity index (χ2v) is 6.35. The van der Waals surface area contributed by atoms with Gasteiger partial charge in [0, 0.05) is 25.3 Å². The van der Waals surface area contributed by atoms with E-state index in [9.17, 15) is 4.79 Å². The summed E-state index contributed by atoms with van der Waals surface area (Å²) in [6.07, 6.45) is 4.28. The number of hydrogen-bond acceptors (Lipinski definition) is 3. The van der Waals surface area contributed by atoms with Crippen molar-refractivity contribution in [3.05, 3.63) is 35.4 Å². The second-order valence-electron chi connectivity index (χ2n) is 6.35. The Morgan fingerprint density at radius 3 is 2.59 bits per heavy atom. The van der Waals surface area contributed by atoms with Crippen LogP contribution in [0.1, 0.15) is 36.8 Å². The minimum atomic E-state index is -0.377. The van der Waals surface area contributed by atoms with E-state index >= 15 is 0 Å². The molecule has 0 bridgehead atoms. The van der Waals surface area contributed by atoms with Crippen LogP contribution in [0.2, 0.25) is 0 Å². The van der Waals surface area contributed by atoms with Gasteiger partial charge < -0.3 is 14.8 Å². The van der Waals surface area contributed by atoms with E-state index in [2.05, 4.69) is 24.4 Å². The average Bonchev–Trinajstić information content (AvgIpc) is 2.98. The quantitative estimate of drug-likeness (QED) is 0.930. The number of nitrogens with one attached hydrogen (secondary N) is 1. The van der Waals surface area contributed by atoms with Crippen LogP contribution >= 0.6 is 0 Å². The van der Waals surface area contributed by atoms with Crippen LogP contribution in [0.3, 0.4) is 0 Å². The SMILES string of the molecule is Cc1ccccc1CCNC(=O)C1CCC2(CC1)OCCO2. The fourth-order valence-corrected chi connectivity index (χ4v) is 3.46. The molecule has 2 aliphatic rings. The molecule has 4 nitrogen and oxygen atoms in total. The van der Waals surface area contributed by atoms with Crippen molar-refractivity contribution in [2.45, 2.75) is 44.8 Å². The van der Waals surface area contributed by atoms with Crippen molar-refractivity contribution < 1.29 is 14.3 Å². The van der Waals surface area contributed by atoms with Crippen molar-refractivity contribution in [1.82, 2.24) is 5.32 Å². The van der Waals surface area contributed by atoms with Crippen molar-refractivity contribution >= 4 is 5.91 Å². The summed E-state index contributed by atoms with van der Waals surface area (Å²) in [5, 5.41) is 3.09. The Morgan fingerprint density at radius 1 is 1.23 bits per heavy atom. The maximum atomic E-state index is 12.3. The van der Waals surface area contributed by atoms with Gasteiger partial charge in [-0.3, -0.25) is 4.79 Å². The predicted molar refractivity (Wildman–Crippen MR) is 84.5 cm³/mol. The summed E-state index contributed by atoms with van der Waals surface area (Å²) >= 11 is 0. The topological polar surface area (TPSA) is 47.6 Å². The number of hydrogen-bond donors (Lipinski definition) is 1. The Morgan fingerprint density at radius 2 is 1.91 bits per heavy atom. The number of amides is 1. The maximum absolute atomic E-state index is 12.3. The standard InChI is InChI=1S/C18H25NO3/c1-14-4-2-3-5-15(14)8-11-19-17(20)16-6-9-18(10-7-16)21-12-13-22-18/h2-5,16H,6-13H2,1H3,(H,19,20). The Kier molecular flexibility index (Phi) is 4.79. The molecule has 1 aliphatic carbocycles. The predicted octanol–water partition coefficient (Wildman–Crippen LogP) is 2.59. The van der Waals surface area contributed by atoms with Gasteiger partial charge in [0.05, 0.1) is 13.2 Å². The molecule has 1 saturated carbocycles. The number of benzene rings is 1. The zero-order valence-electron chi connectivity index (χ0n) is 13.3. The van der Waals surface area contributed by atoms with Crippen LogP contribution in [0.25, 0.3) is 0 Å². The largest absolute Gasteiger partial charge is 0.356 e. The fourth-order valence-electron chi connectivity index (χ4n) is 3.46. The molecule has 2 fully saturated rings. The summed E-state index contributed by atoms with van der Waals surface area (Å²) in [4.78, 5) is 12.3. The lowest BCUT2D eigenvalue weighted by molar-refractivity contribution is -0.183. The van der Waals surface area contributed by atoms with Gasteiger partial charge in [-0.1, -0.05) is 24.3 Å². The van der Waals surface area contributed by atoms with Gasteiger partial charge in [0.15, 0.2) is 5.79 Å². The highest BCUT2D eigenvalue weighted by Crippen LogP contribution is 2.38. The highest BCUT2D eigenvalue weighted by molar-refractivity contribution is 5.78. The molecule has 3 rings (SSSR count). The summed E-state index contributed by atoms with van der Waals surface area (Å²) in [6.45, 7) is 4.19. The van der Waals surface area contributed by atoms with Gasteiger partial charge in [0.25, 0.3) is 0 Å². The van der Waals surface area contributed by atoms with E-state index in [1.807, 2.05) is 12.1 Å². The number of rotatable bonds is 4. The third kappa shape index (κ3) is 3.50. The smallest absolute Gasteiger partial charge is 0.223 e. The van der Waals surface area contributed by atoms with Crippen LogP contribution in [-0.4, -0.2) is 31.5 Å². The van der Waals surface area contributed by atoms with E-state index in [1.165, 1.54) is 11.1 Å². The van der Waals surface area contributed by atoms with Crippen LogP contribution in [0, 0.1) is 12.8 Å². The van der Waals surface area contributed by atoms with Crippen molar-refractivity contribution in [2.24, 2.45) is 5.92 Å². The Bertz CT molecular complexity index is 513. The molecule has 1 aromatic carbocycles. The summed E-state index contributed by atoms with van der Waals surface area (Å²) < 4.78 is 11.4. The molecule has 4 heteroatoms.